The molecule has 8 nitrogen and oxygen atoms in total. The topological polar surface area (TPSA) is 71.5 Å². The molecule has 2 amide bonds. The summed E-state index contributed by atoms with van der Waals surface area (Å²) in [5.74, 6) is 1.33. The Morgan fingerprint density at radius 3 is 2.28 bits per heavy atom. The van der Waals surface area contributed by atoms with Crippen molar-refractivity contribution in [2.45, 2.75) is 19.8 Å². The molecule has 1 aromatic carbocycles. The molecule has 32 heavy (non-hydrogen) atoms. The highest BCUT2D eigenvalue weighted by Gasteiger charge is 2.42. The van der Waals surface area contributed by atoms with E-state index in [2.05, 4.69) is 16.7 Å². The molecule has 0 atom stereocenters. The lowest BCUT2D eigenvalue weighted by Crippen LogP contribution is -2.44. The first-order valence-corrected chi connectivity index (χ1v) is 11.4. The minimum atomic E-state index is -0.232. The van der Waals surface area contributed by atoms with E-state index in [1.807, 2.05) is 6.07 Å². The van der Waals surface area contributed by atoms with E-state index in [0.717, 1.165) is 39.0 Å². The first-order chi connectivity index (χ1) is 15.5. The van der Waals surface area contributed by atoms with Crippen molar-refractivity contribution < 1.29 is 23.8 Å². The Balaban J connectivity index is 1.65. The van der Waals surface area contributed by atoms with Gasteiger partial charge in [-0.2, -0.15) is 0 Å². The van der Waals surface area contributed by atoms with Crippen LogP contribution in [0.15, 0.2) is 23.9 Å². The van der Waals surface area contributed by atoms with Crippen molar-refractivity contribution in [1.82, 2.24) is 14.7 Å². The number of methoxy groups -OCH3 is 2. The third-order valence-corrected chi connectivity index (χ3v) is 6.66. The van der Waals surface area contributed by atoms with Gasteiger partial charge in [0.15, 0.2) is 11.5 Å². The van der Waals surface area contributed by atoms with Crippen LogP contribution < -0.4 is 9.47 Å². The second kappa shape index (κ2) is 9.92. The summed E-state index contributed by atoms with van der Waals surface area (Å²) in [6, 6.07) is 5.41. The molecule has 0 bridgehead atoms. The van der Waals surface area contributed by atoms with Gasteiger partial charge < -0.3 is 19.1 Å². The van der Waals surface area contributed by atoms with Crippen molar-refractivity contribution >= 4 is 17.4 Å². The Labute approximate surface area is 189 Å². The number of piperidine rings is 1. The summed E-state index contributed by atoms with van der Waals surface area (Å²) in [7, 11) is 3.15. The molecule has 2 fully saturated rings. The predicted octanol–water partition coefficient (Wildman–Crippen LogP) is 1.85. The van der Waals surface area contributed by atoms with Crippen molar-refractivity contribution in [2.24, 2.45) is 5.92 Å². The van der Waals surface area contributed by atoms with Crippen LogP contribution in [0.1, 0.15) is 25.3 Å². The molecule has 2 saturated heterocycles. The average molecular weight is 444 g/mol. The summed E-state index contributed by atoms with van der Waals surface area (Å²) in [4.78, 5) is 32.8. The third kappa shape index (κ3) is 4.47. The van der Waals surface area contributed by atoms with Gasteiger partial charge >= 0.3 is 0 Å². The minimum absolute atomic E-state index is 0.192. The van der Waals surface area contributed by atoms with E-state index in [1.165, 1.54) is 4.90 Å². The quantitative estimate of drug-likeness (QED) is 0.596. The van der Waals surface area contributed by atoms with Gasteiger partial charge in [0, 0.05) is 39.3 Å². The smallest absolute Gasteiger partial charge is 0.277 e. The molecule has 3 heterocycles. The summed E-state index contributed by atoms with van der Waals surface area (Å²) in [6.07, 6.45) is 2.02. The predicted molar refractivity (Wildman–Crippen MR) is 120 cm³/mol. The van der Waals surface area contributed by atoms with Crippen LogP contribution in [0.3, 0.4) is 0 Å². The van der Waals surface area contributed by atoms with Crippen molar-refractivity contribution in [3.05, 3.63) is 29.5 Å². The first-order valence-electron chi connectivity index (χ1n) is 11.4. The van der Waals surface area contributed by atoms with E-state index in [9.17, 15) is 9.59 Å². The lowest BCUT2D eigenvalue weighted by atomic mass is 9.97. The monoisotopic (exact) mass is 443 g/mol. The SMILES string of the molecule is COc1ccc(C2=C(N3CCC(C)CC3)C(=O)N(CCN3CCOCC3)C2=O)cc1OC. The van der Waals surface area contributed by atoms with Crippen LogP contribution in [0, 0.1) is 5.92 Å². The number of ether oxygens (including phenoxy) is 3. The lowest BCUT2D eigenvalue weighted by Gasteiger charge is -2.33. The van der Waals surface area contributed by atoms with Crippen LogP contribution in [-0.2, 0) is 14.3 Å². The van der Waals surface area contributed by atoms with E-state index < -0.39 is 0 Å². The summed E-state index contributed by atoms with van der Waals surface area (Å²) < 4.78 is 16.2. The number of amides is 2. The fourth-order valence-corrected chi connectivity index (χ4v) is 4.61. The molecule has 0 saturated carbocycles. The molecule has 0 radical (unpaired) electrons. The molecule has 3 aliphatic heterocycles. The van der Waals surface area contributed by atoms with Gasteiger partial charge in [0.05, 0.1) is 33.0 Å². The van der Waals surface area contributed by atoms with Crippen LogP contribution in [-0.4, -0.2) is 93.2 Å². The van der Waals surface area contributed by atoms with Crippen molar-refractivity contribution in [1.29, 1.82) is 0 Å². The highest BCUT2D eigenvalue weighted by molar-refractivity contribution is 6.35. The van der Waals surface area contributed by atoms with E-state index in [0.29, 0.717) is 60.6 Å². The summed E-state index contributed by atoms with van der Waals surface area (Å²) in [5, 5.41) is 0. The highest BCUT2D eigenvalue weighted by Crippen LogP contribution is 2.37. The van der Waals surface area contributed by atoms with Gasteiger partial charge in [0.25, 0.3) is 11.8 Å². The molecule has 0 aliphatic carbocycles. The highest BCUT2D eigenvalue weighted by atomic mass is 16.5. The van der Waals surface area contributed by atoms with Gasteiger partial charge in [-0.1, -0.05) is 13.0 Å². The number of nitrogens with zero attached hydrogens (tertiary/aromatic N) is 3. The normalized spacial score (nSPS) is 21.0. The van der Waals surface area contributed by atoms with E-state index in [-0.39, 0.29) is 11.8 Å². The number of rotatable bonds is 7. The van der Waals surface area contributed by atoms with Crippen LogP contribution in [0.4, 0.5) is 0 Å². The summed E-state index contributed by atoms with van der Waals surface area (Å²) >= 11 is 0. The number of hydrogen-bond donors (Lipinski definition) is 0. The zero-order valence-electron chi connectivity index (χ0n) is 19.3. The molecule has 0 spiro atoms. The lowest BCUT2D eigenvalue weighted by molar-refractivity contribution is -0.138. The molecule has 0 unspecified atom stereocenters. The number of benzene rings is 1. The molecule has 3 aliphatic rings. The van der Waals surface area contributed by atoms with Gasteiger partial charge in [0.2, 0.25) is 0 Å². The maximum atomic E-state index is 13.6. The number of morpholine rings is 1. The van der Waals surface area contributed by atoms with Gasteiger partial charge in [-0.25, -0.2) is 0 Å². The van der Waals surface area contributed by atoms with Crippen LogP contribution >= 0.6 is 0 Å². The maximum Gasteiger partial charge on any atom is 0.277 e. The summed E-state index contributed by atoms with van der Waals surface area (Å²) in [6.45, 7) is 7.85. The van der Waals surface area contributed by atoms with Crippen LogP contribution in [0.5, 0.6) is 11.5 Å². The molecule has 0 aromatic heterocycles. The third-order valence-electron chi connectivity index (χ3n) is 6.66. The van der Waals surface area contributed by atoms with E-state index >= 15 is 0 Å². The Kier molecular flexibility index (Phi) is 7.01. The number of hydrogen-bond acceptors (Lipinski definition) is 7. The van der Waals surface area contributed by atoms with Gasteiger partial charge in [-0.15, -0.1) is 0 Å². The summed E-state index contributed by atoms with van der Waals surface area (Å²) in [5.41, 5.74) is 1.67. The Bertz CT molecular complexity index is 886. The molecule has 174 valence electrons. The van der Waals surface area contributed by atoms with Crippen molar-refractivity contribution in [2.75, 3.05) is 66.7 Å². The number of carbonyl (C=O) groups is 2. The zero-order chi connectivity index (χ0) is 22.7. The molecule has 8 heteroatoms. The first kappa shape index (κ1) is 22.6. The van der Waals surface area contributed by atoms with Crippen LogP contribution in [0.2, 0.25) is 0 Å². The average Bonchev–Trinajstić information content (AvgIpc) is 3.07. The second-order valence-electron chi connectivity index (χ2n) is 8.68. The Morgan fingerprint density at radius 2 is 1.62 bits per heavy atom. The number of likely N-dealkylation sites (tertiary alicyclic amines) is 1. The number of carbonyl (C=O) groups excluding carboxylic acids is 2. The van der Waals surface area contributed by atoms with Crippen molar-refractivity contribution in [3.63, 3.8) is 0 Å². The maximum absolute atomic E-state index is 13.6. The molecule has 1 aromatic rings. The fraction of sp³-hybridized carbons (Fsp3) is 0.583. The van der Waals surface area contributed by atoms with Gasteiger partial charge in [-0.05, 0) is 36.5 Å². The van der Waals surface area contributed by atoms with Crippen LogP contribution in [0.25, 0.3) is 5.57 Å². The van der Waals surface area contributed by atoms with Gasteiger partial charge in [-0.3, -0.25) is 19.4 Å². The van der Waals surface area contributed by atoms with E-state index in [1.54, 1.807) is 26.4 Å². The van der Waals surface area contributed by atoms with Crippen molar-refractivity contribution in [3.8, 4) is 11.5 Å². The molecular formula is C24H33N3O5. The Morgan fingerprint density at radius 1 is 0.938 bits per heavy atom. The molecule has 0 N–H and O–H groups in total. The number of imide groups is 1. The molecular weight excluding hydrogens is 410 g/mol. The largest absolute Gasteiger partial charge is 0.493 e. The standard InChI is InChI=1S/C24H33N3O5/c1-17-6-8-26(9-7-17)22-21(18-4-5-19(30-2)20(16-18)31-3)23(28)27(24(22)29)11-10-25-12-14-32-15-13-25/h4-5,16-17H,6-15H2,1-3H3. The van der Waals surface area contributed by atoms with E-state index in [4.69, 9.17) is 14.2 Å². The Hall–Kier alpha value is -2.58. The molecule has 4 rings (SSSR count). The fourth-order valence-electron chi connectivity index (χ4n) is 4.61. The zero-order valence-corrected chi connectivity index (χ0v) is 19.3. The second-order valence-corrected chi connectivity index (χ2v) is 8.68. The minimum Gasteiger partial charge on any atom is -0.493 e. The van der Waals surface area contributed by atoms with Gasteiger partial charge in [0.1, 0.15) is 5.70 Å².